The predicted octanol–water partition coefficient (Wildman–Crippen LogP) is 5.08. The summed E-state index contributed by atoms with van der Waals surface area (Å²) in [5.41, 5.74) is 2.32. The van der Waals surface area contributed by atoms with Gasteiger partial charge in [0.2, 0.25) is 5.88 Å². The molecule has 2 atom stereocenters. The van der Waals surface area contributed by atoms with E-state index in [0.29, 0.717) is 34.3 Å². The number of hydrogen-bond donors (Lipinski definition) is 5. The van der Waals surface area contributed by atoms with E-state index in [-0.39, 0.29) is 45.8 Å². The molecule has 1 fully saturated rings. The molecule has 0 aliphatic carbocycles. The smallest absolute Gasteiger partial charge is 0.480 e. The summed E-state index contributed by atoms with van der Waals surface area (Å²) in [7, 11) is -2.87. The highest BCUT2D eigenvalue weighted by Gasteiger charge is 2.38. The summed E-state index contributed by atoms with van der Waals surface area (Å²) in [5, 5.41) is 29.6. The molecular formula is C33H32F3N7O9S2. The maximum atomic E-state index is 13.4. The molecule has 16 nitrogen and oxygen atoms in total. The van der Waals surface area contributed by atoms with Gasteiger partial charge < -0.3 is 25.0 Å². The first kappa shape index (κ1) is 39.6. The van der Waals surface area contributed by atoms with Gasteiger partial charge in [-0.05, 0) is 55.8 Å². The summed E-state index contributed by atoms with van der Waals surface area (Å²) >= 11 is 1.42. The molecule has 1 aliphatic heterocycles. The molecule has 0 spiro atoms. The first-order chi connectivity index (χ1) is 25.4. The van der Waals surface area contributed by atoms with Crippen molar-refractivity contribution in [3.63, 3.8) is 0 Å². The third kappa shape index (κ3) is 9.66. The van der Waals surface area contributed by atoms with Crippen molar-refractivity contribution in [2.45, 2.75) is 43.7 Å². The van der Waals surface area contributed by atoms with E-state index >= 15 is 0 Å². The number of aromatic carboxylic acids is 1. The number of carboxylic acids is 2. The number of hydrogen-bond acceptors (Lipinski definition) is 12. The number of halogens is 3. The number of fused-ring (bicyclic) bond motifs is 1. The maximum absolute atomic E-state index is 13.4. The summed E-state index contributed by atoms with van der Waals surface area (Å²) < 4.78 is 71.8. The summed E-state index contributed by atoms with van der Waals surface area (Å²) in [6.45, 7) is 6.28. The molecule has 54 heavy (non-hydrogen) atoms. The molecule has 3 aromatic heterocycles. The Morgan fingerprint density at radius 3 is 2.39 bits per heavy atom. The standard InChI is InChI=1S/C31H31N7O7S2.C2HF3O2/c1-17-13-38(14-18(2)45-17)15-28-34-27(16-46-28)29(39)35-24-8-20(9-25-23(24)12-33-36-25)21-10-26(30(44-3)32-11-21)37-47(42,43)22-6-4-5-19(7-22)31(40)41;3-2(4,5)1(6)7/h4-12,16-18,37H,13-15H2,1-3H3,(H,33,36)(H,35,39)(H,40,41);(H,6,7)/t17-,18+;. The lowest BCUT2D eigenvalue weighted by molar-refractivity contribution is -0.192. The lowest BCUT2D eigenvalue weighted by Gasteiger charge is -2.34. The second-order valence-electron chi connectivity index (χ2n) is 11.9. The van der Waals surface area contributed by atoms with Crippen molar-refractivity contribution >= 4 is 61.5 Å². The van der Waals surface area contributed by atoms with Crippen LogP contribution in [0.25, 0.3) is 22.0 Å². The predicted molar refractivity (Wildman–Crippen MR) is 189 cm³/mol. The fourth-order valence-corrected chi connectivity index (χ4v) is 7.36. The maximum Gasteiger partial charge on any atom is 0.490 e. The number of alkyl halides is 3. The Morgan fingerprint density at radius 2 is 1.74 bits per heavy atom. The lowest BCUT2D eigenvalue weighted by atomic mass is 10.0. The first-order valence-corrected chi connectivity index (χ1v) is 18.1. The number of thiazole rings is 1. The van der Waals surface area contributed by atoms with E-state index in [9.17, 15) is 36.3 Å². The van der Waals surface area contributed by atoms with Gasteiger partial charge in [-0.1, -0.05) is 6.07 Å². The van der Waals surface area contributed by atoms with Crippen LogP contribution in [0.15, 0.2) is 65.1 Å². The highest BCUT2D eigenvalue weighted by molar-refractivity contribution is 7.92. The van der Waals surface area contributed by atoms with Crippen molar-refractivity contribution in [2.75, 3.05) is 30.2 Å². The zero-order valence-electron chi connectivity index (χ0n) is 28.5. The number of aromatic nitrogens is 4. The molecule has 0 radical (unpaired) electrons. The van der Waals surface area contributed by atoms with Crippen LogP contribution in [0.1, 0.15) is 39.7 Å². The highest BCUT2D eigenvalue weighted by atomic mass is 32.2. The number of sulfonamides is 1. The van der Waals surface area contributed by atoms with Crippen molar-refractivity contribution < 1.29 is 55.7 Å². The number of ether oxygens (including phenoxy) is 2. The van der Waals surface area contributed by atoms with Gasteiger partial charge in [-0.15, -0.1) is 11.3 Å². The van der Waals surface area contributed by atoms with E-state index in [2.05, 4.69) is 35.1 Å². The summed E-state index contributed by atoms with van der Waals surface area (Å²) in [6, 6.07) is 10.0. The molecule has 21 heteroatoms. The third-order valence-corrected chi connectivity index (χ3v) is 9.90. The molecular weight excluding hydrogens is 760 g/mol. The van der Waals surface area contributed by atoms with E-state index < -0.39 is 28.1 Å². The number of morpholine rings is 1. The van der Waals surface area contributed by atoms with Crippen LogP contribution in [-0.2, 0) is 26.1 Å². The molecule has 2 aromatic carbocycles. The normalized spacial score (nSPS) is 16.3. The number of carbonyl (C=O) groups excluding carboxylic acids is 1. The van der Waals surface area contributed by atoms with Gasteiger partial charge in [0.25, 0.3) is 15.9 Å². The number of aromatic amines is 1. The minimum absolute atomic E-state index is 0.00295. The number of pyridine rings is 1. The second kappa shape index (κ2) is 16.2. The molecule has 0 unspecified atom stereocenters. The van der Waals surface area contributed by atoms with E-state index in [1.807, 2.05) is 13.8 Å². The Labute approximate surface area is 309 Å². The number of benzene rings is 2. The number of H-pyrrole nitrogens is 1. The second-order valence-corrected chi connectivity index (χ2v) is 14.5. The number of anilines is 2. The topological polar surface area (TPSA) is 226 Å². The van der Waals surface area contributed by atoms with Gasteiger partial charge in [-0.3, -0.25) is 19.5 Å². The van der Waals surface area contributed by atoms with Gasteiger partial charge in [0.1, 0.15) is 16.4 Å². The van der Waals surface area contributed by atoms with Crippen LogP contribution in [-0.4, -0.2) is 100 Å². The minimum atomic E-state index is -5.08. The Balaban J connectivity index is 0.000000730. The van der Waals surface area contributed by atoms with Gasteiger partial charge in [-0.2, -0.15) is 18.3 Å². The van der Waals surface area contributed by atoms with Gasteiger partial charge in [0.15, 0.2) is 0 Å². The summed E-state index contributed by atoms with van der Waals surface area (Å²) in [6.07, 6.45) is -1.73. The van der Waals surface area contributed by atoms with Gasteiger partial charge >= 0.3 is 18.1 Å². The van der Waals surface area contributed by atoms with Crippen LogP contribution >= 0.6 is 11.3 Å². The zero-order chi connectivity index (χ0) is 39.4. The van der Waals surface area contributed by atoms with E-state index in [1.54, 1.807) is 23.7 Å². The Bertz CT molecular complexity index is 2290. The molecule has 4 heterocycles. The molecule has 1 saturated heterocycles. The zero-order valence-corrected chi connectivity index (χ0v) is 30.2. The largest absolute Gasteiger partial charge is 0.490 e. The van der Waals surface area contributed by atoms with Crippen LogP contribution in [0.5, 0.6) is 5.88 Å². The van der Waals surface area contributed by atoms with Crippen LogP contribution in [0.2, 0.25) is 0 Å². The van der Waals surface area contributed by atoms with Crippen molar-refractivity contribution in [3.05, 3.63) is 76.5 Å². The number of methoxy groups -OCH3 is 1. The van der Waals surface area contributed by atoms with Crippen molar-refractivity contribution in [3.8, 4) is 17.0 Å². The molecule has 286 valence electrons. The number of carboxylic acid groups (broad SMARTS) is 2. The number of rotatable bonds is 10. The minimum Gasteiger partial charge on any atom is -0.480 e. The highest BCUT2D eigenvalue weighted by Crippen LogP contribution is 2.34. The number of aliphatic carboxylic acids is 1. The first-order valence-electron chi connectivity index (χ1n) is 15.7. The molecule has 5 aromatic rings. The van der Waals surface area contributed by atoms with E-state index in [0.717, 1.165) is 24.2 Å². The Morgan fingerprint density at radius 1 is 1.06 bits per heavy atom. The van der Waals surface area contributed by atoms with E-state index in [1.165, 1.54) is 48.9 Å². The molecule has 6 rings (SSSR count). The van der Waals surface area contributed by atoms with Gasteiger partial charge in [-0.25, -0.2) is 28.0 Å². The average Bonchev–Trinajstić information content (AvgIpc) is 3.78. The van der Waals surface area contributed by atoms with Crippen LogP contribution in [0, 0.1) is 0 Å². The number of amides is 1. The van der Waals surface area contributed by atoms with Crippen LogP contribution < -0.4 is 14.8 Å². The Hall–Kier alpha value is -5.64. The summed E-state index contributed by atoms with van der Waals surface area (Å²) in [5.74, 6) is -4.40. The van der Waals surface area contributed by atoms with Crippen LogP contribution in [0.3, 0.4) is 0 Å². The van der Waals surface area contributed by atoms with Crippen molar-refractivity contribution in [1.29, 1.82) is 0 Å². The van der Waals surface area contributed by atoms with E-state index in [4.69, 9.17) is 19.4 Å². The van der Waals surface area contributed by atoms with Crippen LogP contribution in [0.4, 0.5) is 24.5 Å². The quantitative estimate of drug-likeness (QED) is 0.125. The molecule has 5 N–H and O–H groups in total. The molecule has 1 amide bonds. The number of carbonyl (C=O) groups is 3. The van der Waals surface area contributed by atoms with Gasteiger partial charge in [0.05, 0.1) is 53.7 Å². The monoisotopic (exact) mass is 791 g/mol. The number of nitrogens with one attached hydrogen (secondary N) is 3. The number of nitrogens with zero attached hydrogens (tertiary/aromatic N) is 4. The van der Waals surface area contributed by atoms with Gasteiger partial charge in [0, 0.05) is 35.6 Å². The fourth-order valence-electron chi connectivity index (χ4n) is 5.45. The SMILES string of the molecule is COc1ncc(-c2cc(NC(=O)c3csc(CN4C[C@@H](C)O[C@@H](C)C4)n3)c3cn[nH]c3c2)cc1NS(=O)(=O)c1cccc(C(=O)O)c1.O=C(O)C(F)(F)F. The average molecular weight is 792 g/mol. The summed E-state index contributed by atoms with van der Waals surface area (Å²) in [4.78, 5) is 44.5. The molecule has 0 saturated carbocycles. The molecule has 1 aliphatic rings. The third-order valence-electron chi connectivity index (χ3n) is 7.70. The van der Waals surface area contributed by atoms with Crippen molar-refractivity contribution in [2.24, 2.45) is 0 Å². The van der Waals surface area contributed by atoms with Crippen molar-refractivity contribution in [1.82, 2.24) is 25.1 Å². The Kier molecular flexibility index (Phi) is 11.8. The molecule has 0 bridgehead atoms. The lowest BCUT2D eigenvalue weighted by Crippen LogP contribution is -2.44. The fraction of sp³-hybridized carbons (Fsp3) is 0.273.